The van der Waals surface area contributed by atoms with Gasteiger partial charge in [0, 0.05) is 24.3 Å². The average molecular weight is 345 g/mol. The Morgan fingerprint density at radius 3 is 2.71 bits per heavy atom. The Hall–Kier alpha value is -2.21. The molecule has 0 saturated carbocycles. The van der Waals surface area contributed by atoms with E-state index in [2.05, 4.69) is 31.3 Å². The van der Waals surface area contributed by atoms with Crippen molar-refractivity contribution in [2.45, 2.75) is 11.9 Å². The molecule has 0 unspecified atom stereocenters. The molecule has 0 aliphatic heterocycles. The first kappa shape index (κ1) is 13.8. The van der Waals surface area contributed by atoms with Gasteiger partial charge in [0.2, 0.25) is 0 Å². The van der Waals surface area contributed by atoms with Crippen molar-refractivity contribution in [1.29, 1.82) is 0 Å². The van der Waals surface area contributed by atoms with Crippen LogP contribution in [0.15, 0.2) is 49.1 Å². The number of alkyl halides is 1. The topological polar surface area (TPSA) is 59.3 Å². The van der Waals surface area contributed by atoms with Crippen LogP contribution < -0.4 is 5.32 Å². The Bertz CT molecular complexity index is 767. The minimum absolute atomic E-state index is 0.150. The number of fused-ring (bicyclic) bond motifs is 1. The summed E-state index contributed by atoms with van der Waals surface area (Å²) in [5, 5.41) is 7.86. The van der Waals surface area contributed by atoms with Gasteiger partial charge in [-0.05, 0) is 11.1 Å². The van der Waals surface area contributed by atoms with Crippen molar-refractivity contribution >= 4 is 27.4 Å². The van der Waals surface area contributed by atoms with E-state index in [0.717, 1.165) is 10.9 Å². The third-order valence-electron chi connectivity index (χ3n) is 3.20. The predicted molar refractivity (Wildman–Crippen MR) is 83.2 cm³/mol. The zero-order chi connectivity index (χ0) is 14.7. The Balaban J connectivity index is 1.71. The molecule has 3 rings (SSSR count). The number of nitrogens with one attached hydrogen (secondary N) is 1. The van der Waals surface area contributed by atoms with Crippen molar-refractivity contribution in [1.82, 2.24) is 19.9 Å². The largest absolute Gasteiger partial charge is 0.348 e. The van der Waals surface area contributed by atoms with Crippen molar-refractivity contribution in [2.75, 3.05) is 0 Å². The van der Waals surface area contributed by atoms with Crippen LogP contribution in [0.4, 0.5) is 0 Å². The SMILES string of the molecule is O=C(NCc1ccc(CBr)cc1)c1cnn2ccncc12. The molecule has 0 fully saturated rings. The number of carbonyl (C=O) groups excluding carboxylic acids is 1. The molecule has 3 aromatic rings. The fraction of sp³-hybridized carbons (Fsp3) is 0.133. The van der Waals surface area contributed by atoms with Crippen molar-refractivity contribution in [2.24, 2.45) is 0 Å². The first-order valence-corrected chi connectivity index (χ1v) is 7.59. The average Bonchev–Trinajstić information content (AvgIpc) is 2.97. The molecule has 0 bridgehead atoms. The second-order valence-electron chi connectivity index (χ2n) is 4.60. The summed E-state index contributed by atoms with van der Waals surface area (Å²) < 4.78 is 1.63. The van der Waals surface area contributed by atoms with E-state index in [-0.39, 0.29) is 5.91 Å². The van der Waals surface area contributed by atoms with E-state index in [1.165, 1.54) is 5.56 Å². The molecule has 0 aliphatic carbocycles. The number of hydrogen-bond acceptors (Lipinski definition) is 3. The molecule has 1 aromatic carbocycles. The van der Waals surface area contributed by atoms with Gasteiger partial charge in [-0.3, -0.25) is 9.78 Å². The third-order valence-corrected chi connectivity index (χ3v) is 3.85. The lowest BCUT2D eigenvalue weighted by Gasteiger charge is -2.05. The Kier molecular flexibility index (Phi) is 3.96. The van der Waals surface area contributed by atoms with Crippen LogP contribution in [0.1, 0.15) is 21.5 Å². The maximum atomic E-state index is 12.2. The number of carbonyl (C=O) groups is 1. The third kappa shape index (κ3) is 2.95. The fourth-order valence-corrected chi connectivity index (χ4v) is 2.41. The maximum absolute atomic E-state index is 12.2. The van der Waals surface area contributed by atoms with E-state index in [1.54, 1.807) is 29.3 Å². The fourth-order valence-electron chi connectivity index (χ4n) is 2.03. The molecule has 21 heavy (non-hydrogen) atoms. The van der Waals surface area contributed by atoms with Gasteiger partial charge in [0.1, 0.15) is 0 Å². The highest BCUT2D eigenvalue weighted by atomic mass is 79.9. The van der Waals surface area contributed by atoms with Crippen molar-refractivity contribution in [3.05, 3.63) is 65.7 Å². The van der Waals surface area contributed by atoms with Gasteiger partial charge < -0.3 is 5.32 Å². The summed E-state index contributed by atoms with van der Waals surface area (Å²) in [5.74, 6) is -0.150. The summed E-state index contributed by atoms with van der Waals surface area (Å²) in [6.07, 6.45) is 6.53. The lowest BCUT2D eigenvalue weighted by atomic mass is 10.1. The van der Waals surface area contributed by atoms with Gasteiger partial charge in [-0.1, -0.05) is 40.2 Å². The highest BCUT2D eigenvalue weighted by Gasteiger charge is 2.12. The van der Waals surface area contributed by atoms with Gasteiger partial charge in [0.05, 0.1) is 23.5 Å². The number of halogens is 1. The van der Waals surface area contributed by atoms with E-state index in [0.29, 0.717) is 17.6 Å². The van der Waals surface area contributed by atoms with Crippen LogP contribution in [0.5, 0.6) is 0 Å². The van der Waals surface area contributed by atoms with Gasteiger partial charge >= 0.3 is 0 Å². The Morgan fingerprint density at radius 2 is 1.95 bits per heavy atom. The van der Waals surface area contributed by atoms with Crippen LogP contribution in [0.3, 0.4) is 0 Å². The number of nitrogens with zero attached hydrogens (tertiary/aromatic N) is 3. The monoisotopic (exact) mass is 344 g/mol. The van der Waals surface area contributed by atoms with Crippen molar-refractivity contribution in [3.8, 4) is 0 Å². The van der Waals surface area contributed by atoms with E-state index in [1.807, 2.05) is 24.3 Å². The van der Waals surface area contributed by atoms with Gasteiger partial charge in [0.25, 0.3) is 5.91 Å². The normalized spacial score (nSPS) is 10.7. The molecule has 2 aromatic heterocycles. The molecule has 0 aliphatic rings. The van der Waals surface area contributed by atoms with Gasteiger partial charge in [-0.2, -0.15) is 5.10 Å². The summed E-state index contributed by atoms with van der Waals surface area (Å²) in [6.45, 7) is 0.485. The van der Waals surface area contributed by atoms with Crippen LogP contribution in [0.25, 0.3) is 5.52 Å². The van der Waals surface area contributed by atoms with E-state index in [9.17, 15) is 4.79 Å². The minimum atomic E-state index is -0.150. The predicted octanol–water partition coefficient (Wildman–Crippen LogP) is 2.55. The highest BCUT2D eigenvalue weighted by Crippen LogP contribution is 2.10. The highest BCUT2D eigenvalue weighted by molar-refractivity contribution is 9.08. The second-order valence-corrected chi connectivity index (χ2v) is 5.16. The quantitative estimate of drug-likeness (QED) is 0.740. The second kappa shape index (κ2) is 6.05. The molecule has 1 N–H and O–H groups in total. The molecule has 1 amide bonds. The van der Waals surface area contributed by atoms with Gasteiger partial charge in [-0.15, -0.1) is 0 Å². The first-order valence-electron chi connectivity index (χ1n) is 6.47. The first-order chi connectivity index (χ1) is 10.3. The molecule has 106 valence electrons. The summed E-state index contributed by atoms with van der Waals surface area (Å²) in [7, 11) is 0. The van der Waals surface area contributed by atoms with Crippen LogP contribution in [0.2, 0.25) is 0 Å². The summed E-state index contributed by atoms with van der Waals surface area (Å²) >= 11 is 3.41. The molecule has 6 heteroatoms. The Morgan fingerprint density at radius 1 is 1.19 bits per heavy atom. The van der Waals surface area contributed by atoms with E-state index >= 15 is 0 Å². The van der Waals surface area contributed by atoms with Crippen LogP contribution in [-0.2, 0) is 11.9 Å². The molecule has 0 radical (unpaired) electrons. The molecular formula is C15H13BrN4O. The zero-order valence-corrected chi connectivity index (χ0v) is 12.7. The lowest BCUT2D eigenvalue weighted by Crippen LogP contribution is -2.22. The van der Waals surface area contributed by atoms with Crippen LogP contribution in [0, 0.1) is 0 Å². The number of hydrogen-bond donors (Lipinski definition) is 1. The summed E-state index contributed by atoms with van der Waals surface area (Å²) in [6, 6.07) is 8.09. The number of benzene rings is 1. The summed E-state index contributed by atoms with van der Waals surface area (Å²) in [5.41, 5.74) is 3.49. The number of aromatic nitrogens is 3. The number of amides is 1. The molecular weight excluding hydrogens is 332 g/mol. The molecule has 2 heterocycles. The molecule has 0 atom stereocenters. The summed E-state index contributed by atoms with van der Waals surface area (Å²) in [4.78, 5) is 16.2. The molecule has 0 spiro atoms. The lowest BCUT2D eigenvalue weighted by molar-refractivity contribution is 0.0952. The van der Waals surface area contributed by atoms with Crippen molar-refractivity contribution < 1.29 is 4.79 Å². The van der Waals surface area contributed by atoms with Gasteiger partial charge in [-0.25, -0.2) is 4.52 Å². The number of rotatable bonds is 4. The van der Waals surface area contributed by atoms with Gasteiger partial charge in [0.15, 0.2) is 0 Å². The van der Waals surface area contributed by atoms with Crippen LogP contribution in [-0.4, -0.2) is 20.5 Å². The van der Waals surface area contributed by atoms with E-state index < -0.39 is 0 Å². The minimum Gasteiger partial charge on any atom is -0.348 e. The van der Waals surface area contributed by atoms with Crippen LogP contribution >= 0.6 is 15.9 Å². The standard InChI is InChI=1S/C15H13BrN4O/c16-7-11-1-3-12(4-2-11)8-18-15(21)13-9-19-20-6-5-17-10-14(13)20/h1-6,9-10H,7-8H2,(H,18,21). The van der Waals surface area contributed by atoms with E-state index in [4.69, 9.17) is 0 Å². The zero-order valence-electron chi connectivity index (χ0n) is 11.2. The smallest absolute Gasteiger partial charge is 0.255 e. The Labute approximate surface area is 130 Å². The van der Waals surface area contributed by atoms with Crippen molar-refractivity contribution in [3.63, 3.8) is 0 Å². The molecule has 0 saturated heterocycles. The molecule has 5 nitrogen and oxygen atoms in total. The maximum Gasteiger partial charge on any atom is 0.255 e.